The Morgan fingerprint density at radius 2 is 1.85 bits per heavy atom. The first-order valence-corrected chi connectivity index (χ1v) is 11.9. The molecule has 3 aromatic rings. The number of hydrogen-bond donors (Lipinski definition) is 0. The number of aromatic nitrogens is 5. The van der Waals surface area contributed by atoms with Gasteiger partial charge in [0.05, 0.1) is 19.8 Å². The van der Waals surface area contributed by atoms with E-state index in [1.165, 1.54) is 0 Å². The molecular formula is C22H31N7O3S. The number of fused-ring (bicyclic) bond motifs is 1. The first-order chi connectivity index (χ1) is 15.5. The number of ether oxygens (including phenoxy) is 2. The number of anilines is 1. The summed E-state index contributed by atoms with van der Waals surface area (Å²) < 4.78 is 12.7. The first kappa shape index (κ1) is 23.4. The summed E-state index contributed by atoms with van der Waals surface area (Å²) in [6.07, 6.45) is -0.405. The minimum Gasteiger partial charge on any atom is -0.444 e. The maximum absolute atomic E-state index is 12.9. The van der Waals surface area contributed by atoms with Gasteiger partial charge in [0.15, 0.2) is 16.6 Å². The van der Waals surface area contributed by atoms with Crippen LogP contribution >= 0.6 is 11.3 Å². The second kappa shape index (κ2) is 8.86. The molecular weight excluding hydrogens is 442 g/mol. The number of rotatable bonds is 4. The van der Waals surface area contributed by atoms with Crippen LogP contribution in [0.1, 0.15) is 47.4 Å². The molecule has 0 N–H and O–H groups in total. The van der Waals surface area contributed by atoms with Crippen molar-refractivity contribution < 1.29 is 14.3 Å². The normalized spacial score (nSPS) is 15.2. The van der Waals surface area contributed by atoms with Gasteiger partial charge in [-0.3, -0.25) is 4.90 Å². The Bertz CT molecular complexity index is 1120. The summed E-state index contributed by atoms with van der Waals surface area (Å²) in [6.45, 7) is 14.7. The molecule has 0 atom stereocenters. The highest BCUT2D eigenvalue weighted by atomic mass is 32.1. The summed E-state index contributed by atoms with van der Waals surface area (Å²) in [4.78, 5) is 21.6. The quantitative estimate of drug-likeness (QED) is 0.567. The van der Waals surface area contributed by atoms with Crippen LogP contribution in [-0.4, -0.2) is 73.2 Å². The lowest BCUT2D eigenvalue weighted by molar-refractivity contribution is 0.00283. The van der Waals surface area contributed by atoms with Crippen LogP contribution in [0.2, 0.25) is 0 Å². The van der Waals surface area contributed by atoms with Gasteiger partial charge in [-0.25, -0.2) is 9.78 Å². The minimum absolute atomic E-state index is 0.214. The largest absolute Gasteiger partial charge is 0.444 e. The van der Waals surface area contributed by atoms with Crippen molar-refractivity contribution in [3.05, 3.63) is 23.3 Å². The van der Waals surface area contributed by atoms with Gasteiger partial charge in [-0.2, -0.15) is 9.61 Å². The number of carbonyl (C=O) groups is 1. The Balaban J connectivity index is 1.61. The molecule has 1 amide bonds. The third kappa shape index (κ3) is 5.41. The first-order valence-electron chi connectivity index (χ1n) is 11.0. The molecule has 1 aliphatic heterocycles. The van der Waals surface area contributed by atoms with E-state index < -0.39 is 17.2 Å². The molecule has 1 saturated heterocycles. The van der Waals surface area contributed by atoms with Gasteiger partial charge in [-0.05, 0) is 53.7 Å². The average molecular weight is 474 g/mol. The Morgan fingerprint density at radius 1 is 1.12 bits per heavy atom. The maximum Gasteiger partial charge on any atom is 0.411 e. The van der Waals surface area contributed by atoms with E-state index in [9.17, 15) is 4.79 Å². The molecule has 11 heteroatoms. The van der Waals surface area contributed by atoms with Crippen LogP contribution in [0.25, 0.3) is 17.0 Å². The summed E-state index contributed by atoms with van der Waals surface area (Å²) in [6, 6.07) is 3.75. The van der Waals surface area contributed by atoms with Crippen molar-refractivity contribution in [2.24, 2.45) is 0 Å². The average Bonchev–Trinajstić information content (AvgIpc) is 3.37. The van der Waals surface area contributed by atoms with Crippen LogP contribution in [-0.2, 0) is 16.0 Å². The number of nitrogens with zero attached hydrogens (tertiary/aromatic N) is 7. The molecule has 178 valence electrons. The Kier molecular flexibility index (Phi) is 6.28. The summed E-state index contributed by atoms with van der Waals surface area (Å²) in [7, 11) is 0. The molecule has 0 bridgehead atoms. The highest BCUT2D eigenvalue weighted by Gasteiger charge is 2.32. The maximum atomic E-state index is 12.9. The van der Waals surface area contributed by atoms with Crippen molar-refractivity contribution in [3.63, 3.8) is 0 Å². The Labute approximate surface area is 197 Å². The predicted molar refractivity (Wildman–Crippen MR) is 126 cm³/mol. The van der Waals surface area contributed by atoms with E-state index in [2.05, 4.69) is 15.1 Å². The van der Waals surface area contributed by atoms with Crippen LogP contribution in [0.5, 0.6) is 0 Å². The number of amides is 1. The van der Waals surface area contributed by atoms with Gasteiger partial charge in [0.1, 0.15) is 17.0 Å². The van der Waals surface area contributed by atoms with Gasteiger partial charge in [0.2, 0.25) is 0 Å². The standard InChI is InChI=1S/C22H31N7O3S/c1-21(2,3)28(20(30)32-22(4,5)6)13-18-25-24-17-8-7-15(26-29(17)18)16-14-33-19(23-16)27-9-11-31-12-10-27/h7-8,14H,9-13H2,1-6H3. The number of thiazole rings is 1. The fourth-order valence-corrected chi connectivity index (χ4v) is 4.26. The molecule has 0 aliphatic carbocycles. The molecule has 0 radical (unpaired) electrons. The topological polar surface area (TPSA) is 98.0 Å². The fraction of sp³-hybridized carbons (Fsp3) is 0.591. The molecule has 10 nitrogen and oxygen atoms in total. The van der Waals surface area contributed by atoms with Crippen LogP contribution in [0.4, 0.5) is 9.93 Å². The minimum atomic E-state index is -0.596. The van der Waals surface area contributed by atoms with E-state index >= 15 is 0 Å². The van der Waals surface area contributed by atoms with Crippen LogP contribution in [0.3, 0.4) is 0 Å². The van der Waals surface area contributed by atoms with Crippen molar-refractivity contribution >= 4 is 28.2 Å². The molecule has 1 aliphatic rings. The molecule has 0 unspecified atom stereocenters. The van der Waals surface area contributed by atoms with Crippen LogP contribution in [0, 0.1) is 0 Å². The lowest BCUT2D eigenvalue weighted by Crippen LogP contribution is -2.47. The fourth-order valence-electron chi connectivity index (χ4n) is 3.38. The van der Waals surface area contributed by atoms with E-state index in [0.29, 0.717) is 24.7 Å². The third-order valence-corrected chi connectivity index (χ3v) is 5.99. The smallest absolute Gasteiger partial charge is 0.411 e. The Hall–Kier alpha value is -2.79. The lowest BCUT2D eigenvalue weighted by Gasteiger charge is -2.36. The van der Waals surface area contributed by atoms with Gasteiger partial charge in [0, 0.05) is 24.0 Å². The van der Waals surface area contributed by atoms with Gasteiger partial charge in [-0.15, -0.1) is 21.5 Å². The van der Waals surface area contributed by atoms with Crippen molar-refractivity contribution in [1.82, 2.24) is 29.7 Å². The molecule has 4 rings (SSSR count). The summed E-state index contributed by atoms with van der Waals surface area (Å²) in [5.74, 6) is 0.552. The van der Waals surface area contributed by atoms with Gasteiger partial charge in [-0.1, -0.05) is 0 Å². The third-order valence-electron chi connectivity index (χ3n) is 5.09. The summed E-state index contributed by atoms with van der Waals surface area (Å²) >= 11 is 1.60. The van der Waals surface area contributed by atoms with Crippen molar-refractivity contribution in [2.45, 2.75) is 59.2 Å². The number of carbonyl (C=O) groups excluding carboxylic acids is 1. The van der Waals surface area contributed by atoms with E-state index in [0.717, 1.165) is 29.6 Å². The lowest BCUT2D eigenvalue weighted by atomic mass is 10.1. The van der Waals surface area contributed by atoms with E-state index in [1.54, 1.807) is 20.8 Å². The van der Waals surface area contributed by atoms with E-state index in [-0.39, 0.29) is 6.54 Å². The van der Waals surface area contributed by atoms with Crippen molar-refractivity contribution in [1.29, 1.82) is 0 Å². The van der Waals surface area contributed by atoms with E-state index in [1.807, 2.05) is 59.1 Å². The predicted octanol–water partition coefficient (Wildman–Crippen LogP) is 3.62. The molecule has 3 aromatic heterocycles. The van der Waals surface area contributed by atoms with Gasteiger partial charge >= 0.3 is 6.09 Å². The van der Waals surface area contributed by atoms with E-state index in [4.69, 9.17) is 19.6 Å². The summed E-state index contributed by atoms with van der Waals surface area (Å²) in [5.41, 5.74) is 1.05. The monoisotopic (exact) mass is 473 g/mol. The molecule has 0 spiro atoms. The Morgan fingerprint density at radius 3 is 2.52 bits per heavy atom. The second-order valence-corrected chi connectivity index (χ2v) is 10.8. The number of morpholine rings is 1. The number of hydrogen-bond acceptors (Lipinski definition) is 9. The summed E-state index contributed by atoms with van der Waals surface area (Å²) in [5, 5.41) is 16.2. The highest BCUT2D eigenvalue weighted by molar-refractivity contribution is 7.14. The van der Waals surface area contributed by atoms with Crippen LogP contribution < -0.4 is 4.90 Å². The molecule has 33 heavy (non-hydrogen) atoms. The zero-order valence-electron chi connectivity index (χ0n) is 20.0. The van der Waals surface area contributed by atoms with Gasteiger partial charge in [0.25, 0.3) is 0 Å². The second-order valence-electron chi connectivity index (χ2n) is 9.96. The zero-order chi connectivity index (χ0) is 23.8. The molecule has 1 fully saturated rings. The zero-order valence-corrected chi connectivity index (χ0v) is 20.8. The highest BCUT2D eigenvalue weighted by Crippen LogP contribution is 2.27. The molecule has 4 heterocycles. The van der Waals surface area contributed by atoms with Crippen molar-refractivity contribution in [3.8, 4) is 11.4 Å². The van der Waals surface area contributed by atoms with Crippen molar-refractivity contribution in [2.75, 3.05) is 31.2 Å². The van der Waals surface area contributed by atoms with Crippen LogP contribution in [0.15, 0.2) is 17.5 Å². The molecule has 0 saturated carbocycles. The van der Waals surface area contributed by atoms with Gasteiger partial charge < -0.3 is 14.4 Å². The SMILES string of the molecule is CC(C)(C)OC(=O)N(Cc1nnc2ccc(-c3csc(N4CCOCC4)n3)nn12)C(C)(C)C. The molecule has 0 aromatic carbocycles.